The molecule has 0 amide bonds. The standard InChI is InChI=1S/C26H25N3O2/c1-2-23-28-24-20-11-6-7-12-22(20)31-25(24)26(29-23)27-15-14-19(21-13-8-16-30-21)17-18-9-4-3-5-10-18/h3-13,16,19H,2,14-15,17H2,1H3,(H,27,28,29). The van der Waals surface area contributed by atoms with E-state index in [0.717, 1.165) is 65.3 Å². The maximum absolute atomic E-state index is 6.10. The first kappa shape index (κ1) is 19.4. The Hall–Kier alpha value is -3.60. The van der Waals surface area contributed by atoms with E-state index >= 15 is 0 Å². The van der Waals surface area contributed by atoms with Crippen molar-refractivity contribution in [3.8, 4) is 0 Å². The van der Waals surface area contributed by atoms with Crippen LogP contribution in [0.1, 0.15) is 36.4 Å². The summed E-state index contributed by atoms with van der Waals surface area (Å²) in [5.74, 6) is 2.87. The van der Waals surface area contributed by atoms with Crippen molar-refractivity contribution >= 4 is 27.9 Å². The van der Waals surface area contributed by atoms with E-state index in [1.807, 2.05) is 36.4 Å². The van der Waals surface area contributed by atoms with Gasteiger partial charge in [-0.25, -0.2) is 9.97 Å². The van der Waals surface area contributed by atoms with Crippen molar-refractivity contribution in [1.29, 1.82) is 0 Å². The highest BCUT2D eigenvalue weighted by atomic mass is 16.3. The number of fused-ring (bicyclic) bond motifs is 3. The number of benzene rings is 2. The van der Waals surface area contributed by atoms with Crippen LogP contribution in [0.5, 0.6) is 0 Å². The number of aromatic nitrogens is 2. The van der Waals surface area contributed by atoms with Crippen LogP contribution in [-0.2, 0) is 12.8 Å². The second kappa shape index (κ2) is 8.64. The van der Waals surface area contributed by atoms with Crippen LogP contribution < -0.4 is 5.32 Å². The van der Waals surface area contributed by atoms with E-state index in [1.54, 1.807) is 6.26 Å². The molecule has 1 atom stereocenters. The largest absolute Gasteiger partial charge is 0.469 e. The van der Waals surface area contributed by atoms with E-state index in [9.17, 15) is 0 Å². The zero-order chi connectivity index (χ0) is 21.0. The number of nitrogens with one attached hydrogen (secondary N) is 1. The molecule has 0 bridgehead atoms. The Kier molecular flexibility index (Phi) is 5.40. The highest BCUT2D eigenvalue weighted by Crippen LogP contribution is 2.32. The van der Waals surface area contributed by atoms with E-state index in [0.29, 0.717) is 0 Å². The number of furan rings is 2. The fourth-order valence-corrected chi connectivity index (χ4v) is 4.05. The van der Waals surface area contributed by atoms with E-state index in [-0.39, 0.29) is 5.92 Å². The molecule has 5 aromatic rings. The maximum Gasteiger partial charge on any atom is 0.196 e. The Labute approximate surface area is 181 Å². The molecule has 0 radical (unpaired) electrons. The second-order valence-electron chi connectivity index (χ2n) is 7.74. The summed E-state index contributed by atoms with van der Waals surface area (Å²) in [4.78, 5) is 9.44. The molecule has 2 aromatic carbocycles. The normalized spacial score (nSPS) is 12.4. The lowest BCUT2D eigenvalue weighted by atomic mass is 9.94. The van der Waals surface area contributed by atoms with Crippen LogP contribution in [0.4, 0.5) is 5.82 Å². The number of nitrogens with zero attached hydrogens (tertiary/aromatic N) is 2. The van der Waals surface area contributed by atoms with Crippen LogP contribution in [0, 0.1) is 0 Å². The lowest BCUT2D eigenvalue weighted by Gasteiger charge is -2.16. The second-order valence-corrected chi connectivity index (χ2v) is 7.74. The Morgan fingerprint density at radius 2 is 1.77 bits per heavy atom. The molecule has 3 aromatic heterocycles. The van der Waals surface area contributed by atoms with Gasteiger partial charge in [0.2, 0.25) is 0 Å². The van der Waals surface area contributed by atoms with Gasteiger partial charge in [0.25, 0.3) is 0 Å². The first-order valence-electron chi connectivity index (χ1n) is 10.8. The van der Waals surface area contributed by atoms with E-state index in [2.05, 4.69) is 42.6 Å². The molecule has 1 unspecified atom stereocenters. The van der Waals surface area contributed by atoms with Gasteiger partial charge in [-0.1, -0.05) is 49.4 Å². The highest BCUT2D eigenvalue weighted by molar-refractivity contribution is 6.05. The Balaban J connectivity index is 1.39. The van der Waals surface area contributed by atoms with Crippen molar-refractivity contribution < 1.29 is 8.83 Å². The third-order valence-electron chi connectivity index (χ3n) is 5.64. The van der Waals surface area contributed by atoms with Crippen LogP contribution in [0.3, 0.4) is 0 Å². The SMILES string of the molecule is CCc1nc(NCCC(Cc2ccccc2)c2ccco2)c2oc3ccccc3c2n1. The number of anilines is 1. The molecule has 1 N–H and O–H groups in total. The molecular weight excluding hydrogens is 386 g/mol. The summed E-state index contributed by atoms with van der Waals surface area (Å²) < 4.78 is 11.8. The topological polar surface area (TPSA) is 64.1 Å². The molecule has 156 valence electrons. The van der Waals surface area contributed by atoms with Crippen molar-refractivity contribution in [3.63, 3.8) is 0 Å². The van der Waals surface area contributed by atoms with Gasteiger partial charge in [-0.05, 0) is 42.7 Å². The summed E-state index contributed by atoms with van der Waals surface area (Å²) in [6, 6.07) is 22.6. The molecule has 3 heterocycles. The number of para-hydroxylation sites is 1. The molecule has 0 saturated heterocycles. The summed E-state index contributed by atoms with van der Waals surface area (Å²) in [7, 11) is 0. The summed E-state index contributed by atoms with van der Waals surface area (Å²) >= 11 is 0. The minimum Gasteiger partial charge on any atom is -0.469 e. The predicted octanol–water partition coefficient (Wildman–Crippen LogP) is 6.36. The predicted molar refractivity (Wildman–Crippen MR) is 123 cm³/mol. The van der Waals surface area contributed by atoms with Gasteiger partial charge in [0.1, 0.15) is 22.7 Å². The van der Waals surface area contributed by atoms with Crippen molar-refractivity contribution in [1.82, 2.24) is 9.97 Å². The van der Waals surface area contributed by atoms with Gasteiger partial charge in [-0.3, -0.25) is 0 Å². The van der Waals surface area contributed by atoms with Crippen LogP contribution in [-0.4, -0.2) is 16.5 Å². The number of hydrogen-bond acceptors (Lipinski definition) is 5. The monoisotopic (exact) mass is 411 g/mol. The summed E-state index contributed by atoms with van der Waals surface area (Å²) in [5, 5.41) is 4.54. The van der Waals surface area contributed by atoms with Gasteiger partial charge < -0.3 is 14.2 Å². The highest BCUT2D eigenvalue weighted by Gasteiger charge is 2.18. The molecule has 0 aliphatic heterocycles. The van der Waals surface area contributed by atoms with Crippen molar-refractivity contribution in [3.05, 3.63) is 90.1 Å². The van der Waals surface area contributed by atoms with E-state index in [1.165, 1.54) is 5.56 Å². The van der Waals surface area contributed by atoms with Crippen molar-refractivity contribution in [2.24, 2.45) is 0 Å². The van der Waals surface area contributed by atoms with Gasteiger partial charge in [-0.15, -0.1) is 0 Å². The Morgan fingerprint density at radius 1 is 0.935 bits per heavy atom. The fourth-order valence-electron chi connectivity index (χ4n) is 4.05. The summed E-state index contributed by atoms with van der Waals surface area (Å²) in [6.07, 6.45) is 4.36. The van der Waals surface area contributed by atoms with Gasteiger partial charge in [0.15, 0.2) is 11.4 Å². The third kappa shape index (κ3) is 4.04. The maximum atomic E-state index is 6.10. The summed E-state index contributed by atoms with van der Waals surface area (Å²) in [6.45, 7) is 2.82. The average molecular weight is 412 g/mol. The lowest BCUT2D eigenvalue weighted by Crippen LogP contribution is -2.11. The number of rotatable bonds is 8. The van der Waals surface area contributed by atoms with Crippen molar-refractivity contribution in [2.75, 3.05) is 11.9 Å². The van der Waals surface area contributed by atoms with Gasteiger partial charge in [-0.2, -0.15) is 0 Å². The summed E-state index contributed by atoms with van der Waals surface area (Å²) in [5.41, 5.74) is 3.73. The smallest absolute Gasteiger partial charge is 0.196 e. The first-order valence-corrected chi connectivity index (χ1v) is 10.8. The Bertz CT molecular complexity index is 1280. The number of aryl methyl sites for hydroxylation is 1. The van der Waals surface area contributed by atoms with Crippen LogP contribution in [0.25, 0.3) is 22.1 Å². The molecule has 0 fully saturated rings. The molecule has 5 heteroatoms. The zero-order valence-electron chi connectivity index (χ0n) is 17.5. The molecule has 0 saturated carbocycles. The van der Waals surface area contributed by atoms with Crippen LogP contribution in [0.2, 0.25) is 0 Å². The molecule has 31 heavy (non-hydrogen) atoms. The fraction of sp³-hybridized carbons (Fsp3) is 0.231. The van der Waals surface area contributed by atoms with Gasteiger partial charge >= 0.3 is 0 Å². The van der Waals surface area contributed by atoms with Gasteiger partial charge in [0.05, 0.1) is 6.26 Å². The minimum atomic E-state index is 0.281. The Morgan fingerprint density at radius 3 is 2.58 bits per heavy atom. The molecule has 0 aliphatic carbocycles. The van der Waals surface area contributed by atoms with E-state index < -0.39 is 0 Å². The molecular formula is C26H25N3O2. The van der Waals surface area contributed by atoms with E-state index in [4.69, 9.17) is 18.8 Å². The lowest BCUT2D eigenvalue weighted by molar-refractivity contribution is 0.448. The molecule has 5 nitrogen and oxygen atoms in total. The molecule has 0 aliphatic rings. The first-order chi connectivity index (χ1) is 15.3. The quantitative estimate of drug-likeness (QED) is 0.322. The number of hydrogen-bond donors (Lipinski definition) is 1. The van der Waals surface area contributed by atoms with Gasteiger partial charge in [0, 0.05) is 24.3 Å². The minimum absolute atomic E-state index is 0.281. The third-order valence-corrected chi connectivity index (χ3v) is 5.64. The average Bonchev–Trinajstić information content (AvgIpc) is 3.47. The van der Waals surface area contributed by atoms with Crippen LogP contribution in [0.15, 0.2) is 81.8 Å². The zero-order valence-corrected chi connectivity index (χ0v) is 17.5. The molecule has 0 spiro atoms. The van der Waals surface area contributed by atoms with Crippen molar-refractivity contribution in [2.45, 2.75) is 32.1 Å². The molecule has 5 rings (SSSR count). The van der Waals surface area contributed by atoms with Crippen LogP contribution >= 0.6 is 0 Å².